The van der Waals surface area contributed by atoms with E-state index in [2.05, 4.69) is 20.3 Å². The highest BCUT2D eigenvalue weighted by atomic mass is 127. The maximum Gasteiger partial charge on any atom is 0.208 e. The molecule has 0 bridgehead atoms. The van der Waals surface area contributed by atoms with E-state index in [-0.39, 0.29) is 30.1 Å². The fourth-order valence-corrected chi connectivity index (χ4v) is 2.78. The molecule has 0 saturated heterocycles. The second kappa shape index (κ2) is 11.4. The monoisotopic (exact) mass is 448 g/mol. The number of hydrogen-bond donors (Lipinski definition) is 4. The molecule has 1 rings (SSSR count). The van der Waals surface area contributed by atoms with Crippen molar-refractivity contribution in [1.29, 1.82) is 0 Å². The second-order valence-electron chi connectivity index (χ2n) is 5.43. The van der Waals surface area contributed by atoms with Crippen LogP contribution in [0, 0.1) is 0 Å². The van der Waals surface area contributed by atoms with Crippen LogP contribution in [0.1, 0.15) is 39.0 Å². The molecule has 0 radical (unpaired) electrons. The van der Waals surface area contributed by atoms with Gasteiger partial charge in [-0.1, -0.05) is 0 Å². The topological polar surface area (TPSA) is 103 Å². The Balaban J connectivity index is 0.00000441. The maximum absolute atomic E-state index is 10.9. The van der Waals surface area contributed by atoms with Crippen molar-refractivity contribution < 1.29 is 13.5 Å². The molecule has 0 heterocycles. The molecule has 0 aromatic rings. The molecule has 9 heteroatoms. The van der Waals surface area contributed by atoms with Gasteiger partial charge in [-0.2, -0.15) is 0 Å². The summed E-state index contributed by atoms with van der Waals surface area (Å²) in [4.78, 5) is 4.44. The number of aliphatic imine (C=N–C) groups is 1. The second-order valence-corrected chi connectivity index (χ2v) is 7.26. The minimum Gasteiger partial charge on any atom is -0.393 e. The van der Waals surface area contributed by atoms with Gasteiger partial charge in [0.15, 0.2) is 5.96 Å². The van der Waals surface area contributed by atoms with E-state index in [1.807, 2.05) is 6.92 Å². The fourth-order valence-electron chi connectivity index (χ4n) is 2.26. The Labute approximate surface area is 150 Å². The molecular formula is C13H29IN4O3S. The van der Waals surface area contributed by atoms with Gasteiger partial charge in [0.1, 0.15) is 0 Å². The van der Waals surface area contributed by atoms with E-state index in [0.29, 0.717) is 25.6 Å². The Morgan fingerprint density at radius 2 is 1.91 bits per heavy atom. The molecule has 0 atom stereocenters. The Kier molecular flexibility index (Phi) is 11.3. The molecule has 7 nitrogen and oxygen atoms in total. The predicted molar refractivity (Wildman–Crippen MR) is 100 cm³/mol. The minimum atomic E-state index is -3.12. The number of nitrogens with one attached hydrogen (secondary N) is 3. The van der Waals surface area contributed by atoms with Crippen molar-refractivity contribution >= 4 is 40.0 Å². The molecule has 1 fully saturated rings. The van der Waals surface area contributed by atoms with Gasteiger partial charge in [-0.25, -0.2) is 13.1 Å². The lowest BCUT2D eigenvalue weighted by molar-refractivity contribution is 0.120. The van der Waals surface area contributed by atoms with Crippen molar-refractivity contribution in [2.45, 2.75) is 51.2 Å². The Hall–Kier alpha value is -0.130. The fraction of sp³-hybridized carbons (Fsp3) is 0.923. The van der Waals surface area contributed by atoms with Crippen LogP contribution in [0.15, 0.2) is 4.99 Å². The van der Waals surface area contributed by atoms with Gasteiger partial charge in [-0.05, 0) is 39.0 Å². The molecule has 1 aliphatic carbocycles. The standard InChI is InChI=1S/C13H28N4O3S.HI/c1-3-14-13(15-9-4-10-16-21(2,19)20)17-11-5-7-12(18)8-6-11;/h11-12,16,18H,3-10H2,1-2H3,(H2,14,15,17);1H. The zero-order chi connectivity index (χ0) is 15.7. The first-order chi connectivity index (χ1) is 9.90. The summed E-state index contributed by atoms with van der Waals surface area (Å²) in [6.45, 7) is 3.75. The molecule has 132 valence electrons. The number of aliphatic hydroxyl groups excluding tert-OH is 1. The number of hydrogen-bond acceptors (Lipinski definition) is 4. The van der Waals surface area contributed by atoms with Crippen molar-refractivity contribution in [3.05, 3.63) is 0 Å². The van der Waals surface area contributed by atoms with Crippen molar-refractivity contribution in [1.82, 2.24) is 15.4 Å². The molecule has 1 aliphatic rings. The molecule has 0 aromatic heterocycles. The Morgan fingerprint density at radius 3 is 2.45 bits per heavy atom. The summed E-state index contributed by atoms with van der Waals surface area (Å²) >= 11 is 0. The van der Waals surface area contributed by atoms with Crippen molar-refractivity contribution in [2.75, 3.05) is 25.9 Å². The zero-order valence-electron chi connectivity index (χ0n) is 13.3. The lowest BCUT2D eigenvalue weighted by atomic mass is 9.93. The normalized spacial score (nSPS) is 22.8. The van der Waals surface area contributed by atoms with Gasteiger partial charge in [0.05, 0.1) is 12.4 Å². The third-order valence-corrected chi connectivity index (χ3v) is 4.08. The number of sulfonamides is 1. The van der Waals surface area contributed by atoms with Crippen molar-refractivity contribution in [2.24, 2.45) is 4.99 Å². The van der Waals surface area contributed by atoms with Gasteiger partial charge in [0.25, 0.3) is 0 Å². The van der Waals surface area contributed by atoms with Crippen LogP contribution in [0.5, 0.6) is 0 Å². The first-order valence-electron chi connectivity index (χ1n) is 7.58. The van der Waals surface area contributed by atoms with E-state index >= 15 is 0 Å². The third-order valence-electron chi connectivity index (χ3n) is 3.35. The average Bonchev–Trinajstić information content (AvgIpc) is 2.40. The molecule has 0 spiro atoms. The van der Waals surface area contributed by atoms with Crippen LogP contribution in [0.2, 0.25) is 0 Å². The van der Waals surface area contributed by atoms with Gasteiger partial charge in [0.2, 0.25) is 10.0 Å². The molecule has 4 N–H and O–H groups in total. The molecule has 0 aromatic carbocycles. The summed E-state index contributed by atoms with van der Waals surface area (Å²) in [6, 6.07) is 0.348. The van der Waals surface area contributed by atoms with Gasteiger partial charge in [0, 0.05) is 25.7 Å². The van der Waals surface area contributed by atoms with Gasteiger partial charge >= 0.3 is 0 Å². The molecule has 0 amide bonds. The maximum atomic E-state index is 10.9. The first-order valence-corrected chi connectivity index (χ1v) is 9.47. The lowest BCUT2D eigenvalue weighted by Crippen LogP contribution is -2.45. The van der Waals surface area contributed by atoms with E-state index in [4.69, 9.17) is 0 Å². The van der Waals surface area contributed by atoms with Crippen LogP contribution in [0.25, 0.3) is 0 Å². The minimum absolute atomic E-state index is 0. The van der Waals surface area contributed by atoms with Crippen LogP contribution >= 0.6 is 24.0 Å². The number of halogens is 1. The molecule has 22 heavy (non-hydrogen) atoms. The summed E-state index contributed by atoms with van der Waals surface area (Å²) < 4.78 is 24.3. The molecule has 1 saturated carbocycles. The van der Waals surface area contributed by atoms with Crippen LogP contribution in [0.3, 0.4) is 0 Å². The number of aliphatic hydroxyl groups is 1. The highest BCUT2D eigenvalue weighted by Gasteiger charge is 2.19. The summed E-state index contributed by atoms with van der Waals surface area (Å²) in [5, 5.41) is 16.1. The third kappa shape index (κ3) is 10.6. The van der Waals surface area contributed by atoms with E-state index in [1.54, 1.807) is 0 Å². The van der Waals surface area contributed by atoms with E-state index in [0.717, 1.165) is 44.4 Å². The molecule has 0 unspecified atom stereocenters. The SMILES string of the molecule is CCNC(=NCCCNS(C)(=O)=O)NC1CCC(O)CC1.I. The first kappa shape index (κ1) is 21.9. The van der Waals surface area contributed by atoms with E-state index in [9.17, 15) is 13.5 Å². The van der Waals surface area contributed by atoms with E-state index < -0.39 is 10.0 Å². The predicted octanol–water partition coefficient (Wildman–Crippen LogP) is 0.402. The van der Waals surface area contributed by atoms with E-state index in [1.165, 1.54) is 0 Å². The summed E-state index contributed by atoms with van der Waals surface area (Å²) in [5.41, 5.74) is 0. The molecule has 0 aliphatic heterocycles. The average molecular weight is 448 g/mol. The van der Waals surface area contributed by atoms with Crippen LogP contribution in [-0.2, 0) is 10.0 Å². The highest BCUT2D eigenvalue weighted by molar-refractivity contribution is 14.0. The van der Waals surface area contributed by atoms with Crippen LogP contribution in [-0.4, -0.2) is 57.5 Å². The summed E-state index contributed by atoms with van der Waals surface area (Å²) in [5.74, 6) is 0.762. The summed E-state index contributed by atoms with van der Waals surface area (Å²) in [6.07, 6.45) is 5.20. The number of nitrogens with zero attached hydrogens (tertiary/aromatic N) is 1. The smallest absolute Gasteiger partial charge is 0.208 e. The van der Waals surface area contributed by atoms with Crippen molar-refractivity contribution in [3.8, 4) is 0 Å². The molecular weight excluding hydrogens is 419 g/mol. The highest BCUT2D eigenvalue weighted by Crippen LogP contribution is 2.18. The number of guanidine groups is 1. The quantitative estimate of drug-likeness (QED) is 0.196. The van der Waals surface area contributed by atoms with Crippen molar-refractivity contribution in [3.63, 3.8) is 0 Å². The van der Waals surface area contributed by atoms with Gasteiger partial charge in [-0.3, -0.25) is 4.99 Å². The largest absolute Gasteiger partial charge is 0.393 e. The van der Waals surface area contributed by atoms with Gasteiger partial charge in [-0.15, -0.1) is 24.0 Å². The lowest BCUT2D eigenvalue weighted by Gasteiger charge is -2.27. The van der Waals surface area contributed by atoms with Crippen LogP contribution in [0.4, 0.5) is 0 Å². The summed E-state index contributed by atoms with van der Waals surface area (Å²) in [7, 11) is -3.12. The number of rotatable bonds is 7. The van der Waals surface area contributed by atoms with Crippen LogP contribution < -0.4 is 15.4 Å². The Bertz CT molecular complexity index is 423. The zero-order valence-corrected chi connectivity index (χ0v) is 16.5. The Morgan fingerprint density at radius 1 is 1.27 bits per heavy atom. The van der Waals surface area contributed by atoms with Gasteiger partial charge < -0.3 is 15.7 Å².